The van der Waals surface area contributed by atoms with Crippen LogP contribution < -0.4 is 4.74 Å². The summed E-state index contributed by atoms with van der Waals surface area (Å²) in [6.07, 6.45) is 1.32. The number of ether oxygens (including phenoxy) is 3. The van der Waals surface area contributed by atoms with Crippen molar-refractivity contribution in [3.8, 4) is 5.75 Å². The van der Waals surface area contributed by atoms with E-state index in [4.69, 9.17) is 14.2 Å². The summed E-state index contributed by atoms with van der Waals surface area (Å²) < 4.78 is 16.3. The van der Waals surface area contributed by atoms with Crippen LogP contribution in [0, 0.1) is 0 Å². The first kappa shape index (κ1) is 15.7. The summed E-state index contributed by atoms with van der Waals surface area (Å²) in [6, 6.07) is 7.18. The topological polar surface area (TPSA) is 44.8 Å². The first-order chi connectivity index (χ1) is 9.22. The summed E-state index contributed by atoms with van der Waals surface area (Å²) >= 11 is 0. The summed E-state index contributed by atoms with van der Waals surface area (Å²) in [7, 11) is 0. The van der Waals surface area contributed by atoms with Crippen molar-refractivity contribution >= 4 is 5.78 Å². The van der Waals surface area contributed by atoms with E-state index >= 15 is 0 Å². The lowest BCUT2D eigenvalue weighted by Crippen LogP contribution is -2.25. The number of rotatable bonds is 9. The fourth-order valence-corrected chi connectivity index (χ4v) is 1.65. The van der Waals surface area contributed by atoms with E-state index in [-0.39, 0.29) is 5.78 Å². The van der Waals surface area contributed by atoms with Gasteiger partial charge in [-0.15, -0.1) is 0 Å². The Balaban J connectivity index is 2.83. The summed E-state index contributed by atoms with van der Waals surface area (Å²) in [5.74, 6) is 0.581. The van der Waals surface area contributed by atoms with Gasteiger partial charge in [0.25, 0.3) is 0 Å². The molecule has 4 heteroatoms. The Morgan fingerprint density at radius 1 is 1.11 bits per heavy atom. The van der Waals surface area contributed by atoms with Gasteiger partial charge in [0.1, 0.15) is 5.75 Å². The van der Waals surface area contributed by atoms with Crippen LogP contribution in [0.1, 0.15) is 44.0 Å². The molecule has 1 aromatic carbocycles. The number of hydrogen-bond donors (Lipinski definition) is 0. The van der Waals surface area contributed by atoms with Crippen molar-refractivity contribution in [2.75, 3.05) is 13.2 Å². The van der Waals surface area contributed by atoms with Crippen molar-refractivity contribution in [2.24, 2.45) is 0 Å². The number of hydrogen-bond acceptors (Lipinski definition) is 4. The zero-order chi connectivity index (χ0) is 14.1. The normalized spacial score (nSPS) is 10.7. The molecule has 0 aliphatic rings. The fraction of sp³-hybridized carbons (Fsp3) is 0.533. The van der Waals surface area contributed by atoms with Gasteiger partial charge >= 0.3 is 6.48 Å². The smallest absolute Gasteiger partial charge is 0.315 e. The molecule has 0 N–H and O–H groups in total. The average Bonchev–Trinajstić information content (AvgIpc) is 2.40. The molecule has 0 unspecified atom stereocenters. The Labute approximate surface area is 114 Å². The van der Waals surface area contributed by atoms with E-state index in [1.807, 2.05) is 32.9 Å². The maximum atomic E-state index is 12.0. The molecule has 0 aliphatic carbocycles. The van der Waals surface area contributed by atoms with E-state index in [9.17, 15) is 4.79 Å². The highest BCUT2D eigenvalue weighted by molar-refractivity contribution is 5.98. The summed E-state index contributed by atoms with van der Waals surface area (Å²) in [5, 5.41) is 0. The van der Waals surface area contributed by atoms with Crippen molar-refractivity contribution in [3.63, 3.8) is 0 Å². The summed E-state index contributed by atoms with van der Waals surface area (Å²) in [5.41, 5.74) is 0.578. The van der Waals surface area contributed by atoms with E-state index in [0.717, 1.165) is 6.42 Å². The molecule has 0 fully saturated rings. The first-order valence-corrected chi connectivity index (χ1v) is 6.74. The first-order valence-electron chi connectivity index (χ1n) is 6.74. The van der Waals surface area contributed by atoms with Crippen molar-refractivity contribution in [1.82, 2.24) is 0 Å². The molecular weight excluding hydrogens is 244 g/mol. The van der Waals surface area contributed by atoms with Gasteiger partial charge in [0, 0.05) is 6.42 Å². The van der Waals surface area contributed by atoms with Gasteiger partial charge in [0.2, 0.25) is 0 Å². The lowest BCUT2D eigenvalue weighted by atomic mass is 10.1. The van der Waals surface area contributed by atoms with E-state index in [0.29, 0.717) is 30.9 Å². The van der Waals surface area contributed by atoms with Crippen molar-refractivity contribution in [2.45, 2.75) is 40.1 Å². The minimum Gasteiger partial charge on any atom is -0.440 e. The Morgan fingerprint density at radius 3 is 2.32 bits per heavy atom. The van der Waals surface area contributed by atoms with Crippen LogP contribution in [-0.4, -0.2) is 25.5 Å². The van der Waals surface area contributed by atoms with Crippen LogP contribution in [0.4, 0.5) is 0 Å². The second kappa shape index (κ2) is 8.67. The quantitative estimate of drug-likeness (QED) is 0.507. The van der Waals surface area contributed by atoms with Crippen LogP contribution in [0.2, 0.25) is 0 Å². The van der Waals surface area contributed by atoms with Crippen LogP contribution >= 0.6 is 0 Å². The van der Waals surface area contributed by atoms with Gasteiger partial charge in [0.15, 0.2) is 5.78 Å². The number of benzene rings is 1. The fourth-order valence-electron chi connectivity index (χ4n) is 1.65. The van der Waals surface area contributed by atoms with Crippen molar-refractivity contribution in [1.29, 1.82) is 0 Å². The number of carbonyl (C=O) groups is 1. The second-order valence-electron chi connectivity index (χ2n) is 3.99. The Kier molecular flexibility index (Phi) is 7.15. The molecule has 0 amide bonds. The minimum atomic E-state index is -0.773. The number of ketones is 1. The van der Waals surface area contributed by atoms with Gasteiger partial charge in [0.05, 0.1) is 18.8 Å². The Bertz CT molecular complexity index is 383. The van der Waals surface area contributed by atoms with Crippen LogP contribution in [0.25, 0.3) is 0 Å². The van der Waals surface area contributed by atoms with E-state index < -0.39 is 6.48 Å². The minimum absolute atomic E-state index is 0.0739. The van der Waals surface area contributed by atoms with Crippen LogP contribution in [-0.2, 0) is 9.47 Å². The molecule has 0 aromatic heterocycles. The predicted octanol–water partition coefficient (Wildman–Crippen LogP) is 3.40. The number of carbonyl (C=O) groups excluding carboxylic acids is 1. The molecule has 0 saturated heterocycles. The lowest BCUT2D eigenvalue weighted by molar-refractivity contribution is -0.242. The number of para-hydroxylation sites is 1. The van der Waals surface area contributed by atoms with Crippen molar-refractivity contribution in [3.05, 3.63) is 29.8 Å². The molecule has 0 atom stereocenters. The van der Waals surface area contributed by atoms with Crippen LogP contribution in [0.15, 0.2) is 24.3 Å². The van der Waals surface area contributed by atoms with Gasteiger partial charge < -0.3 is 14.2 Å². The lowest BCUT2D eigenvalue weighted by Gasteiger charge is -2.19. The standard InChI is InChI=1S/C15H22O4/c1-4-9-13(16)12-10-7-8-11-14(12)19-15(17-5-2)18-6-3/h7-8,10-11,15H,4-6,9H2,1-3H3. The van der Waals surface area contributed by atoms with Gasteiger partial charge in [-0.3, -0.25) is 4.79 Å². The molecule has 0 spiro atoms. The highest BCUT2D eigenvalue weighted by Gasteiger charge is 2.16. The zero-order valence-electron chi connectivity index (χ0n) is 11.8. The molecule has 0 heterocycles. The number of Topliss-reactive ketones (excluding diaryl/α,β-unsaturated/α-hetero) is 1. The largest absolute Gasteiger partial charge is 0.440 e. The summed E-state index contributed by atoms with van der Waals surface area (Å²) in [4.78, 5) is 12.0. The van der Waals surface area contributed by atoms with Crippen LogP contribution in [0.5, 0.6) is 5.75 Å². The summed E-state index contributed by atoms with van der Waals surface area (Å²) in [6.45, 7) is 5.90. The van der Waals surface area contributed by atoms with E-state index in [1.165, 1.54) is 0 Å². The molecule has 0 radical (unpaired) electrons. The third kappa shape index (κ3) is 5.01. The molecule has 19 heavy (non-hydrogen) atoms. The molecule has 0 bridgehead atoms. The highest BCUT2D eigenvalue weighted by atomic mass is 16.8. The zero-order valence-corrected chi connectivity index (χ0v) is 11.8. The molecule has 0 aliphatic heterocycles. The monoisotopic (exact) mass is 266 g/mol. The maximum Gasteiger partial charge on any atom is 0.315 e. The predicted molar refractivity (Wildman–Crippen MR) is 73.3 cm³/mol. The van der Waals surface area contributed by atoms with Crippen molar-refractivity contribution < 1.29 is 19.0 Å². The Morgan fingerprint density at radius 2 is 1.74 bits per heavy atom. The van der Waals surface area contributed by atoms with Gasteiger partial charge in [-0.1, -0.05) is 19.1 Å². The molecule has 4 nitrogen and oxygen atoms in total. The van der Waals surface area contributed by atoms with Gasteiger partial charge in [-0.2, -0.15) is 0 Å². The van der Waals surface area contributed by atoms with E-state index in [2.05, 4.69) is 0 Å². The molecular formula is C15H22O4. The Hall–Kier alpha value is -1.39. The third-order valence-corrected chi connectivity index (χ3v) is 2.49. The highest BCUT2D eigenvalue weighted by Crippen LogP contribution is 2.22. The van der Waals surface area contributed by atoms with Crippen LogP contribution in [0.3, 0.4) is 0 Å². The van der Waals surface area contributed by atoms with Gasteiger partial charge in [-0.05, 0) is 32.4 Å². The molecule has 1 aromatic rings. The van der Waals surface area contributed by atoms with Gasteiger partial charge in [-0.25, -0.2) is 0 Å². The average molecular weight is 266 g/mol. The third-order valence-electron chi connectivity index (χ3n) is 2.49. The molecule has 1 rings (SSSR count). The van der Waals surface area contributed by atoms with E-state index in [1.54, 1.807) is 12.1 Å². The maximum absolute atomic E-state index is 12.0. The SMILES string of the molecule is CCCC(=O)c1ccccc1OC(OCC)OCC. The molecule has 0 saturated carbocycles. The second-order valence-corrected chi connectivity index (χ2v) is 3.99. The molecule has 106 valence electrons.